The number of carbonyl (C=O) groups excluding carboxylic acids is 1. The number of esters is 1. The SMILES string of the molecule is COC(=O)C(CN(CC(C)C)C(C)C)NC(C)C. The molecule has 0 aromatic rings. The number of methoxy groups -OCH3 is 1. The summed E-state index contributed by atoms with van der Waals surface area (Å²) in [5.74, 6) is 0.405. The van der Waals surface area contributed by atoms with E-state index in [2.05, 4.69) is 37.9 Å². The first-order valence-electron chi connectivity index (χ1n) is 6.85. The van der Waals surface area contributed by atoms with Crippen LogP contribution in [0, 0.1) is 5.92 Å². The molecule has 0 saturated heterocycles. The van der Waals surface area contributed by atoms with Gasteiger partial charge in [-0.05, 0) is 19.8 Å². The highest BCUT2D eigenvalue weighted by Gasteiger charge is 2.24. The van der Waals surface area contributed by atoms with Crippen molar-refractivity contribution in [1.82, 2.24) is 10.2 Å². The zero-order chi connectivity index (χ0) is 14.3. The van der Waals surface area contributed by atoms with Gasteiger partial charge in [0, 0.05) is 25.2 Å². The molecule has 0 spiro atoms. The van der Waals surface area contributed by atoms with Crippen molar-refractivity contribution in [2.75, 3.05) is 20.2 Å². The van der Waals surface area contributed by atoms with Gasteiger partial charge < -0.3 is 10.1 Å². The number of rotatable bonds is 8. The third-order valence-corrected chi connectivity index (χ3v) is 2.77. The van der Waals surface area contributed by atoms with E-state index in [0.717, 1.165) is 6.54 Å². The van der Waals surface area contributed by atoms with Crippen molar-refractivity contribution in [2.24, 2.45) is 5.92 Å². The van der Waals surface area contributed by atoms with Crippen LogP contribution in [0.3, 0.4) is 0 Å². The van der Waals surface area contributed by atoms with E-state index >= 15 is 0 Å². The van der Waals surface area contributed by atoms with E-state index in [1.807, 2.05) is 13.8 Å². The first-order valence-corrected chi connectivity index (χ1v) is 6.85. The second-order valence-electron chi connectivity index (χ2n) is 5.84. The number of carbonyl (C=O) groups is 1. The van der Waals surface area contributed by atoms with Crippen molar-refractivity contribution in [3.63, 3.8) is 0 Å². The minimum absolute atomic E-state index is 0.182. The van der Waals surface area contributed by atoms with E-state index < -0.39 is 0 Å². The maximum atomic E-state index is 11.8. The highest BCUT2D eigenvalue weighted by atomic mass is 16.5. The Morgan fingerprint density at radius 3 is 2.00 bits per heavy atom. The summed E-state index contributed by atoms with van der Waals surface area (Å²) in [6, 6.07) is 0.437. The van der Waals surface area contributed by atoms with Crippen LogP contribution in [0.5, 0.6) is 0 Å². The highest BCUT2D eigenvalue weighted by molar-refractivity contribution is 5.76. The molecule has 4 nitrogen and oxygen atoms in total. The zero-order valence-electron chi connectivity index (χ0n) is 13.0. The van der Waals surface area contributed by atoms with Crippen LogP contribution >= 0.6 is 0 Å². The maximum absolute atomic E-state index is 11.8. The van der Waals surface area contributed by atoms with E-state index in [-0.39, 0.29) is 18.1 Å². The predicted molar refractivity (Wildman–Crippen MR) is 75.6 cm³/mol. The van der Waals surface area contributed by atoms with Gasteiger partial charge in [0.2, 0.25) is 0 Å². The lowest BCUT2D eigenvalue weighted by Gasteiger charge is -2.32. The second kappa shape index (κ2) is 8.48. The van der Waals surface area contributed by atoms with Gasteiger partial charge in [0.25, 0.3) is 0 Å². The number of nitrogens with zero attached hydrogens (tertiary/aromatic N) is 1. The van der Waals surface area contributed by atoms with E-state index in [0.29, 0.717) is 18.5 Å². The second-order valence-corrected chi connectivity index (χ2v) is 5.84. The molecule has 0 aliphatic rings. The first-order chi connectivity index (χ1) is 8.27. The van der Waals surface area contributed by atoms with E-state index in [1.165, 1.54) is 7.11 Å². The van der Waals surface area contributed by atoms with Crippen LogP contribution in [-0.4, -0.2) is 49.2 Å². The molecule has 0 aromatic heterocycles. The van der Waals surface area contributed by atoms with Crippen molar-refractivity contribution in [3.05, 3.63) is 0 Å². The van der Waals surface area contributed by atoms with Gasteiger partial charge in [-0.1, -0.05) is 27.7 Å². The monoisotopic (exact) mass is 258 g/mol. The first kappa shape index (κ1) is 17.4. The van der Waals surface area contributed by atoms with Crippen molar-refractivity contribution < 1.29 is 9.53 Å². The molecule has 0 fully saturated rings. The topological polar surface area (TPSA) is 41.6 Å². The Balaban J connectivity index is 4.63. The summed E-state index contributed by atoms with van der Waals surface area (Å²) in [6.07, 6.45) is 0. The Hall–Kier alpha value is -0.610. The van der Waals surface area contributed by atoms with Crippen LogP contribution in [-0.2, 0) is 9.53 Å². The molecule has 0 aromatic carbocycles. The van der Waals surface area contributed by atoms with Gasteiger partial charge in [-0.15, -0.1) is 0 Å². The molecule has 108 valence electrons. The molecule has 0 radical (unpaired) electrons. The largest absolute Gasteiger partial charge is 0.468 e. The number of hydrogen-bond donors (Lipinski definition) is 1. The molecule has 0 aliphatic carbocycles. The summed E-state index contributed by atoms with van der Waals surface area (Å²) in [7, 11) is 1.44. The van der Waals surface area contributed by atoms with Crippen LogP contribution in [0.25, 0.3) is 0 Å². The molecule has 0 heterocycles. The molecule has 18 heavy (non-hydrogen) atoms. The average molecular weight is 258 g/mol. The summed E-state index contributed by atoms with van der Waals surface area (Å²) in [5, 5.41) is 3.27. The minimum atomic E-state index is -0.254. The lowest BCUT2D eigenvalue weighted by molar-refractivity contribution is -0.144. The smallest absolute Gasteiger partial charge is 0.324 e. The van der Waals surface area contributed by atoms with Crippen LogP contribution in [0.4, 0.5) is 0 Å². The van der Waals surface area contributed by atoms with Crippen molar-refractivity contribution >= 4 is 5.97 Å². The van der Waals surface area contributed by atoms with Crippen molar-refractivity contribution in [1.29, 1.82) is 0 Å². The van der Waals surface area contributed by atoms with Crippen LogP contribution in [0.15, 0.2) is 0 Å². The normalized spacial score (nSPS) is 13.7. The van der Waals surface area contributed by atoms with Crippen LogP contribution < -0.4 is 5.32 Å². The summed E-state index contributed by atoms with van der Waals surface area (Å²) in [4.78, 5) is 14.1. The molecular formula is C14H30N2O2. The molecule has 0 aliphatic heterocycles. The van der Waals surface area contributed by atoms with E-state index in [9.17, 15) is 4.79 Å². The fourth-order valence-electron chi connectivity index (χ4n) is 1.94. The molecular weight excluding hydrogens is 228 g/mol. The third kappa shape index (κ3) is 6.97. The fraction of sp³-hybridized carbons (Fsp3) is 0.929. The van der Waals surface area contributed by atoms with Gasteiger partial charge >= 0.3 is 5.97 Å². The molecule has 0 amide bonds. The number of ether oxygens (including phenoxy) is 1. The number of nitrogens with one attached hydrogen (secondary N) is 1. The minimum Gasteiger partial charge on any atom is -0.468 e. The molecule has 1 atom stereocenters. The molecule has 0 saturated carbocycles. The Kier molecular flexibility index (Phi) is 8.20. The molecule has 0 bridgehead atoms. The van der Waals surface area contributed by atoms with Gasteiger partial charge in [0.15, 0.2) is 0 Å². The van der Waals surface area contributed by atoms with Crippen LogP contribution in [0.1, 0.15) is 41.5 Å². The zero-order valence-corrected chi connectivity index (χ0v) is 13.0. The maximum Gasteiger partial charge on any atom is 0.324 e. The summed E-state index contributed by atoms with van der Waals surface area (Å²) in [6.45, 7) is 14.5. The Bertz CT molecular complexity index is 240. The van der Waals surface area contributed by atoms with Crippen molar-refractivity contribution in [2.45, 2.75) is 59.7 Å². The third-order valence-electron chi connectivity index (χ3n) is 2.77. The predicted octanol–water partition coefficient (Wildman–Crippen LogP) is 1.89. The average Bonchev–Trinajstić information content (AvgIpc) is 2.24. The van der Waals surface area contributed by atoms with Gasteiger partial charge in [0.05, 0.1) is 7.11 Å². The Morgan fingerprint density at radius 1 is 1.11 bits per heavy atom. The molecule has 1 unspecified atom stereocenters. The fourth-order valence-corrected chi connectivity index (χ4v) is 1.94. The molecule has 0 rings (SSSR count). The molecule has 4 heteroatoms. The lowest BCUT2D eigenvalue weighted by Crippen LogP contribution is -2.51. The number of hydrogen-bond acceptors (Lipinski definition) is 4. The summed E-state index contributed by atoms with van der Waals surface area (Å²) >= 11 is 0. The highest BCUT2D eigenvalue weighted by Crippen LogP contribution is 2.06. The quantitative estimate of drug-likeness (QED) is 0.675. The molecule has 1 N–H and O–H groups in total. The van der Waals surface area contributed by atoms with E-state index in [1.54, 1.807) is 0 Å². The van der Waals surface area contributed by atoms with Gasteiger partial charge in [-0.3, -0.25) is 9.69 Å². The Morgan fingerprint density at radius 2 is 1.67 bits per heavy atom. The van der Waals surface area contributed by atoms with Gasteiger partial charge in [-0.25, -0.2) is 0 Å². The van der Waals surface area contributed by atoms with Crippen LogP contribution in [0.2, 0.25) is 0 Å². The standard InChI is InChI=1S/C14H30N2O2/c1-10(2)8-16(12(5)6)9-13(14(17)18-7)15-11(3)4/h10-13,15H,8-9H2,1-7H3. The summed E-state index contributed by atoms with van der Waals surface area (Å²) in [5.41, 5.74) is 0. The lowest BCUT2D eigenvalue weighted by atomic mass is 10.1. The van der Waals surface area contributed by atoms with Crippen molar-refractivity contribution in [3.8, 4) is 0 Å². The van der Waals surface area contributed by atoms with Gasteiger partial charge in [0.1, 0.15) is 6.04 Å². The Labute approximate surface area is 112 Å². The van der Waals surface area contributed by atoms with E-state index in [4.69, 9.17) is 4.74 Å². The van der Waals surface area contributed by atoms with Gasteiger partial charge in [-0.2, -0.15) is 0 Å². The summed E-state index contributed by atoms with van der Waals surface area (Å²) < 4.78 is 4.87.